The molecule has 82 valence electrons. The van der Waals surface area contributed by atoms with Crippen molar-refractivity contribution in [2.24, 2.45) is 0 Å². The van der Waals surface area contributed by atoms with Crippen LogP contribution in [0.1, 0.15) is 0 Å². The third-order valence-corrected chi connectivity index (χ3v) is 1.97. The van der Waals surface area contributed by atoms with Crippen LogP contribution in [0.25, 0.3) is 0 Å². The van der Waals surface area contributed by atoms with Crippen LogP contribution < -0.4 is 15.4 Å². The standard InChI is InChI=1S/C10H14N2O2S/c1-14-9-4-2-3-8(7-9)12-10(15)11-5-6-13/h2-4,7,13H,5-6H2,1H3,(H2,11,12,15). The van der Waals surface area contributed by atoms with Gasteiger partial charge in [0.1, 0.15) is 5.75 Å². The summed E-state index contributed by atoms with van der Waals surface area (Å²) in [7, 11) is 1.61. The predicted molar refractivity (Wildman–Crippen MR) is 64.3 cm³/mol. The number of methoxy groups -OCH3 is 1. The molecule has 1 aromatic rings. The molecule has 0 heterocycles. The molecule has 1 aromatic carbocycles. The van der Waals surface area contributed by atoms with E-state index in [1.807, 2.05) is 24.3 Å². The molecule has 0 amide bonds. The highest BCUT2D eigenvalue weighted by Crippen LogP contribution is 2.16. The number of thiocarbonyl (C=S) groups is 1. The third-order valence-electron chi connectivity index (χ3n) is 1.72. The summed E-state index contributed by atoms with van der Waals surface area (Å²) in [5, 5.41) is 14.9. The Hall–Kier alpha value is -1.33. The smallest absolute Gasteiger partial charge is 0.170 e. The summed E-state index contributed by atoms with van der Waals surface area (Å²) in [6.45, 7) is 0.496. The van der Waals surface area contributed by atoms with E-state index in [1.165, 1.54) is 0 Å². The Morgan fingerprint density at radius 2 is 2.33 bits per heavy atom. The molecule has 0 radical (unpaired) electrons. The lowest BCUT2D eigenvalue weighted by atomic mass is 10.3. The molecule has 0 saturated carbocycles. The summed E-state index contributed by atoms with van der Waals surface area (Å²) >= 11 is 5.01. The van der Waals surface area contributed by atoms with Gasteiger partial charge in [0.2, 0.25) is 0 Å². The zero-order valence-corrected chi connectivity index (χ0v) is 9.30. The van der Waals surface area contributed by atoms with Crippen molar-refractivity contribution in [3.63, 3.8) is 0 Å². The lowest BCUT2D eigenvalue weighted by Gasteiger charge is -2.10. The first-order valence-corrected chi connectivity index (χ1v) is 4.97. The van der Waals surface area contributed by atoms with Gasteiger partial charge in [0, 0.05) is 18.3 Å². The predicted octanol–water partition coefficient (Wildman–Crippen LogP) is 0.974. The number of aliphatic hydroxyl groups excluding tert-OH is 1. The Morgan fingerprint density at radius 1 is 1.53 bits per heavy atom. The average molecular weight is 226 g/mol. The molecule has 0 bridgehead atoms. The quantitative estimate of drug-likeness (QED) is 0.668. The maximum absolute atomic E-state index is 8.59. The molecule has 0 unspecified atom stereocenters. The van der Waals surface area contributed by atoms with Crippen LogP contribution in [-0.2, 0) is 0 Å². The normalized spacial score (nSPS) is 9.47. The molecule has 3 N–H and O–H groups in total. The van der Waals surface area contributed by atoms with E-state index >= 15 is 0 Å². The molecule has 0 aliphatic heterocycles. The highest BCUT2D eigenvalue weighted by Gasteiger charge is 1.97. The van der Waals surface area contributed by atoms with Gasteiger partial charge in [-0.25, -0.2) is 0 Å². The van der Waals surface area contributed by atoms with Crippen molar-refractivity contribution in [2.75, 3.05) is 25.6 Å². The largest absolute Gasteiger partial charge is 0.497 e. The van der Waals surface area contributed by atoms with Crippen molar-refractivity contribution in [1.82, 2.24) is 5.32 Å². The molecule has 1 rings (SSSR count). The van der Waals surface area contributed by atoms with E-state index in [4.69, 9.17) is 22.1 Å². The Morgan fingerprint density at radius 3 is 3.00 bits per heavy atom. The molecular formula is C10H14N2O2S. The number of hydrogen-bond donors (Lipinski definition) is 3. The van der Waals surface area contributed by atoms with Gasteiger partial charge in [0.05, 0.1) is 13.7 Å². The van der Waals surface area contributed by atoms with E-state index in [1.54, 1.807) is 7.11 Å². The molecule has 0 saturated heterocycles. The van der Waals surface area contributed by atoms with E-state index in [-0.39, 0.29) is 6.61 Å². The van der Waals surface area contributed by atoms with Crippen molar-refractivity contribution in [2.45, 2.75) is 0 Å². The number of benzene rings is 1. The van der Waals surface area contributed by atoms with Crippen LogP contribution in [0, 0.1) is 0 Å². The molecule has 0 atom stereocenters. The number of hydrogen-bond acceptors (Lipinski definition) is 3. The summed E-state index contributed by atoms with van der Waals surface area (Å²) in [5.74, 6) is 0.768. The average Bonchev–Trinajstić information content (AvgIpc) is 2.26. The van der Waals surface area contributed by atoms with Crippen LogP contribution in [0.3, 0.4) is 0 Å². The summed E-state index contributed by atoms with van der Waals surface area (Å²) in [6.07, 6.45) is 0. The van der Waals surface area contributed by atoms with E-state index in [9.17, 15) is 0 Å². The Bertz CT molecular complexity index is 331. The molecule has 0 aliphatic carbocycles. The minimum Gasteiger partial charge on any atom is -0.497 e. The number of aliphatic hydroxyl groups is 1. The van der Waals surface area contributed by atoms with Gasteiger partial charge >= 0.3 is 0 Å². The van der Waals surface area contributed by atoms with Crippen molar-refractivity contribution in [3.8, 4) is 5.75 Å². The second-order valence-corrected chi connectivity index (χ2v) is 3.24. The van der Waals surface area contributed by atoms with Gasteiger partial charge < -0.3 is 20.5 Å². The lowest BCUT2D eigenvalue weighted by Crippen LogP contribution is -2.30. The van der Waals surface area contributed by atoms with Crippen LogP contribution in [0.4, 0.5) is 5.69 Å². The summed E-state index contributed by atoms with van der Waals surface area (Å²) in [4.78, 5) is 0. The summed E-state index contributed by atoms with van der Waals surface area (Å²) in [5.41, 5.74) is 0.852. The molecular weight excluding hydrogens is 212 g/mol. The Labute approximate surface area is 94.3 Å². The van der Waals surface area contributed by atoms with E-state index in [0.717, 1.165) is 11.4 Å². The summed E-state index contributed by atoms with van der Waals surface area (Å²) in [6, 6.07) is 7.45. The van der Waals surface area contributed by atoms with Crippen LogP contribution in [0.15, 0.2) is 24.3 Å². The lowest BCUT2D eigenvalue weighted by molar-refractivity contribution is 0.301. The minimum absolute atomic E-state index is 0.0555. The Kier molecular flexibility index (Phi) is 4.86. The fraction of sp³-hybridized carbons (Fsp3) is 0.300. The fourth-order valence-corrected chi connectivity index (χ4v) is 1.27. The maximum Gasteiger partial charge on any atom is 0.170 e. The summed E-state index contributed by atoms with van der Waals surface area (Å²) < 4.78 is 5.07. The molecule has 0 fully saturated rings. The van der Waals surface area contributed by atoms with Gasteiger partial charge in [-0.15, -0.1) is 0 Å². The first-order valence-electron chi connectivity index (χ1n) is 4.56. The number of ether oxygens (including phenoxy) is 1. The molecule has 15 heavy (non-hydrogen) atoms. The number of rotatable bonds is 4. The highest BCUT2D eigenvalue weighted by molar-refractivity contribution is 7.80. The molecule has 0 spiro atoms. The highest BCUT2D eigenvalue weighted by atomic mass is 32.1. The molecule has 0 aromatic heterocycles. The molecule has 4 nitrogen and oxygen atoms in total. The van der Waals surface area contributed by atoms with Gasteiger partial charge in [0.25, 0.3) is 0 Å². The van der Waals surface area contributed by atoms with E-state index in [2.05, 4.69) is 10.6 Å². The van der Waals surface area contributed by atoms with Crippen LogP contribution in [-0.4, -0.2) is 30.5 Å². The zero-order chi connectivity index (χ0) is 11.1. The maximum atomic E-state index is 8.59. The second kappa shape index (κ2) is 6.21. The first kappa shape index (κ1) is 11.7. The number of anilines is 1. The monoisotopic (exact) mass is 226 g/mol. The van der Waals surface area contributed by atoms with Gasteiger partial charge in [-0.05, 0) is 24.4 Å². The third kappa shape index (κ3) is 4.14. The topological polar surface area (TPSA) is 53.5 Å². The van der Waals surface area contributed by atoms with E-state index in [0.29, 0.717) is 11.7 Å². The number of nitrogens with one attached hydrogen (secondary N) is 2. The van der Waals surface area contributed by atoms with Gasteiger partial charge in [-0.2, -0.15) is 0 Å². The van der Waals surface area contributed by atoms with Crippen molar-refractivity contribution in [1.29, 1.82) is 0 Å². The van der Waals surface area contributed by atoms with E-state index < -0.39 is 0 Å². The first-order chi connectivity index (χ1) is 7.26. The van der Waals surface area contributed by atoms with Crippen LogP contribution in [0.2, 0.25) is 0 Å². The SMILES string of the molecule is COc1cccc(NC(=S)NCCO)c1. The zero-order valence-electron chi connectivity index (χ0n) is 8.49. The van der Waals surface area contributed by atoms with Gasteiger partial charge in [0.15, 0.2) is 5.11 Å². The Balaban J connectivity index is 2.52. The van der Waals surface area contributed by atoms with Gasteiger partial charge in [-0.1, -0.05) is 6.07 Å². The van der Waals surface area contributed by atoms with Crippen molar-refractivity contribution in [3.05, 3.63) is 24.3 Å². The van der Waals surface area contributed by atoms with Crippen molar-refractivity contribution < 1.29 is 9.84 Å². The fourth-order valence-electron chi connectivity index (χ4n) is 1.05. The minimum atomic E-state index is 0.0555. The van der Waals surface area contributed by atoms with Crippen molar-refractivity contribution >= 4 is 23.0 Å². The van der Waals surface area contributed by atoms with Gasteiger partial charge in [-0.3, -0.25) is 0 Å². The second-order valence-electron chi connectivity index (χ2n) is 2.84. The van der Waals surface area contributed by atoms with Crippen LogP contribution >= 0.6 is 12.2 Å². The van der Waals surface area contributed by atoms with Crippen LogP contribution in [0.5, 0.6) is 5.75 Å². The molecule has 5 heteroatoms. The molecule has 0 aliphatic rings.